The van der Waals surface area contributed by atoms with E-state index in [1.807, 2.05) is 0 Å². The smallest absolute Gasteiger partial charge is 0.315 e. The van der Waals surface area contributed by atoms with Crippen LogP contribution >= 0.6 is 0 Å². The Bertz CT molecular complexity index is 685. The summed E-state index contributed by atoms with van der Waals surface area (Å²) in [5, 5.41) is 20.8. The van der Waals surface area contributed by atoms with Crippen LogP contribution in [0.15, 0.2) is 12.2 Å². The number of hydrogen-bond donors (Lipinski definition) is 2. The van der Waals surface area contributed by atoms with Crippen LogP contribution in [0.3, 0.4) is 0 Å². The van der Waals surface area contributed by atoms with Gasteiger partial charge < -0.3 is 14.9 Å². The van der Waals surface area contributed by atoms with Gasteiger partial charge in [-0.2, -0.15) is 0 Å². The maximum atomic E-state index is 12.7. The molecule has 8 atom stereocenters. The van der Waals surface area contributed by atoms with Crippen LogP contribution in [0.1, 0.15) is 45.4 Å². The molecule has 1 spiro atoms. The number of carboxylic acid groups (broad SMARTS) is 1. The molecular weight excluding hydrogens is 308 g/mol. The zero-order valence-electron chi connectivity index (χ0n) is 14.0. The van der Waals surface area contributed by atoms with E-state index < -0.39 is 40.9 Å². The molecule has 0 aromatic carbocycles. The van der Waals surface area contributed by atoms with Crippen LogP contribution in [0.4, 0.5) is 0 Å². The van der Waals surface area contributed by atoms with E-state index in [0.29, 0.717) is 18.8 Å². The summed E-state index contributed by atoms with van der Waals surface area (Å²) in [6, 6.07) is 0. The van der Waals surface area contributed by atoms with E-state index in [1.54, 1.807) is 6.92 Å². The van der Waals surface area contributed by atoms with Gasteiger partial charge in [0.25, 0.3) is 0 Å². The number of ether oxygens (including phenoxy) is 1. The minimum Gasteiger partial charge on any atom is -0.481 e. The van der Waals surface area contributed by atoms with Crippen molar-refractivity contribution in [3.05, 3.63) is 12.2 Å². The number of carbonyl (C=O) groups excluding carboxylic acids is 1. The third-order valence-electron chi connectivity index (χ3n) is 8.46. The van der Waals surface area contributed by atoms with Gasteiger partial charge in [-0.25, -0.2) is 0 Å². The molecule has 4 bridgehead atoms. The number of carbonyl (C=O) groups is 2. The Balaban J connectivity index is 1.76. The molecule has 1 saturated heterocycles. The number of carboxylic acids is 1. The highest BCUT2D eigenvalue weighted by molar-refractivity contribution is 5.85. The van der Waals surface area contributed by atoms with Crippen LogP contribution in [0.25, 0.3) is 0 Å². The Kier molecular flexibility index (Phi) is 2.53. The molecule has 0 radical (unpaired) electrons. The molecule has 5 heteroatoms. The maximum Gasteiger partial charge on any atom is 0.315 e. The fraction of sp³-hybridized carbons (Fsp3) is 0.789. The number of allylic oxidation sites excluding steroid dienone is 1. The normalized spacial score (nSPS) is 57.5. The molecule has 2 unspecified atom stereocenters. The van der Waals surface area contributed by atoms with E-state index in [1.165, 1.54) is 5.57 Å². The van der Waals surface area contributed by atoms with E-state index in [4.69, 9.17) is 4.74 Å². The molecule has 5 fully saturated rings. The summed E-state index contributed by atoms with van der Waals surface area (Å²) in [5.41, 5.74) is -0.953. The fourth-order valence-corrected chi connectivity index (χ4v) is 7.66. The molecule has 130 valence electrons. The summed E-state index contributed by atoms with van der Waals surface area (Å²) in [4.78, 5) is 25.1. The summed E-state index contributed by atoms with van der Waals surface area (Å²) in [6.07, 6.45) is 3.81. The fourth-order valence-electron chi connectivity index (χ4n) is 7.66. The Hall–Kier alpha value is -1.36. The summed E-state index contributed by atoms with van der Waals surface area (Å²) < 4.78 is 6.01. The van der Waals surface area contributed by atoms with Crippen LogP contribution in [-0.4, -0.2) is 33.9 Å². The molecule has 4 saturated carbocycles. The molecule has 1 heterocycles. The summed E-state index contributed by atoms with van der Waals surface area (Å²) in [6.45, 7) is 5.95. The van der Waals surface area contributed by atoms with Crippen molar-refractivity contribution in [3.8, 4) is 0 Å². The first kappa shape index (κ1) is 14.9. The average Bonchev–Trinajstić information content (AvgIpc) is 2.98. The van der Waals surface area contributed by atoms with Gasteiger partial charge in [0, 0.05) is 11.8 Å². The minimum absolute atomic E-state index is 0.0878. The highest BCUT2D eigenvalue weighted by Crippen LogP contribution is 2.77. The van der Waals surface area contributed by atoms with E-state index in [0.717, 1.165) is 25.7 Å². The van der Waals surface area contributed by atoms with Crippen molar-refractivity contribution < 1.29 is 24.5 Å². The Morgan fingerprint density at radius 1 is 1.33 bits per heavy atom. The van der Waals surface area contributed by atoms with Crippen LogP contribution in [0.2, 0.25) is 0 Å². The first-order valence-electron chi connectivity index (χ1n) is 9.09. The molecule has 5 nitrogen and oxygen atoms in total. The predicted octanol–water partition coefficient (Wildman–Crippen LogP) is 2.14. The molecule has 1 aliphatic heterocycles. The van der Waals surface area contributed by atoms with Crippen LogP contribution in [-0.2, 0) is 14.3 Å². The second-order valence-electron chi connectivity index (χ2n) is 9.07. The van der Waals surface area contributed by atoms with Crippen molar-refractivity contribution in [2.24, 2.45) is 34.5 Å². The van der Waals surface area contributed by atoms with Crippen molar-refractivity contribution in [1.29, 1.82) is 0 Å². The molecule has 0 amide bonds. The topological polar surface area (TPSA) is 83.8 Å². The lowest BCUT2D eigenvalue weighted by Gasteiger charge is -2.44. The van der Waals surface area contributed by atoms with Crippen molar-refractivity contribution in [1.82, 2.24) is 0 Å². The van der Waals surface area contributed by atoms with Gasteiger partial charge in [0.1, 0.15) is 5.60 Å². The molecule has 5 rings (SSSR count). The van der Waals surface area contributed by atoms with Crippen LogP contribution < -0.4 is 0 Å². The van der Waals surface area contributed by atoms with E-state index in [9.17, 15) is 19.8 Å². The molecule has 24 heavy (non-hydrogen) atoms. The molecular formula is C19H24O5. The SMILES string of the molecule is C=C1C[C@]23C[C@H]1CCC2[C@@]12CC[C@H](O)[C@](C)(C(=O)O1)C2[C@@H]3C(=O)O. The molecule has 5 aliphatic rings. The van der Waals surface area contributed by atoms with Gasteiger partial charge in [-0.1, -0.05) is 12.2 Å². The summed E-state index contributed by atoms with van der Waals surface area (Å²) in [5.74, 6) is -1.78. The highest BCUT2D eigenvalue weighted by atomic mass is 16.6. The van der Waals surface area contributed by atoms with Gasteiger partial charge in [0.2, 0.25) is 0 Å². The van der Waals surface area contributed by atoms with Crippen LogP contribution in [0.5, 0.6) is 0 Å². The van der Waals surface area contributed by atoms with Gasteiger partial charge in [0.05, 0.1) is 17.4 Å². The number of rotatable bonds is 1. The second kappa shape index (κ2) is 4.06. The first-order valence-corrected chi connectivity index (χ1v) is 9.09. The monoisotopic (exact) mass is 332 g/mol. The van der Waals surface area contributed by atoms with E-state index in [-0.39, 0.29) is 11.3 Å². The molecule has 0 aromatic heterocycles. The lowest BCUT2D eigenvalue weighted by atomic mass is 9.59. The largest absolute Gasteiger partial charge is 0.481 e. The quantitative estimate of drug-likeness (QED) is 0.568. The number of fused-ring (bicyclic) bond motifs is 1. The van der Waals surface area contributed by atoms with Gasteiger partial charge in [-0.05, 0) is 56.8 Å². The summed E-state index contributed by atoms with van der Waals surface area (Å²) >= 11 is 0. The number of aliphatic carboxylic acids is 1. The van der Waals surface area contributed by atoms with Crippen molar-refractivity contribution in [2.45, 2.75) is 57.2 Å². The Labute approximate surface area is 141 Å². The van der Waals surface area contributed by atoms with E-state index in [2.05, 4.69) is 6.58 Å². The van der Waals surface area contributed by atoms with Gasteiger partial charge >= 0.3 is 11.9 Å². The molecule has 4 aliphatic carbocycles. The van der Waals surface area contributed by atoms with Crippen molar-refractivity contribution in [3.63, 3.8) is 0 Å². The number of hydrogen-bond acceptors (Lipinski definition) is 4. The third kappa shape index (κ3) is 1.29. The number of aliphatic hydroxyl groups excluding tert-OH is 1. The summed E-state index contributed by atoms with van der Waals surface area (Å²) in [7, 11) is 0. The minimum atomic E-state index is -1.09. The predicted molar refractivity (Wildman–Crippen MR) is 83.8 cm³/mol. The number of esters is 1. The van der Waals surface area contributed by atoms with Gasteiger partial charge in [-0.3, -0.25) is 9.59 Å². The maximum absolute atomic E-state index is 12.7. The zero-order chi connectivity index (χ0) is 17.1. The standard InChI is InChI=1S/C19H24O5/c1-9-7-18-8-10(9)3-4-11(18)19-6-5-12(20)17(2,16(23)24-19)14(19)13(18)15(21)22/h10-14,20H,1,3-8H2,2H3,(H,21,22)/t10-,11?,12+,13-,14?,17+,18+,19-/m1/s1. The first-order chi connectivity index (χ1) is 11.3. The lowest BCUT2D eigenvalue weighted by Crippen LogP contribution is -2.53. The molecule has 0 aromatic rings. The zero-order valence-corrected chi connectivity index (χ0v) is 14.0. The Morgan fingerprint density at radius 3 is 2.79 bits per heavy atom. The van der Waals surface area contributed by atoms with E-state index >= 15 is 0 Å². The van der Waals surface area contributed by atoms with Gasteiger partial charge in [-0.15, -0.1) is 0 Å². The van der Waals surface area contributed by atoms with Crippen molar-refractivity contribution in [2.75, 3.05) is 0 Å². The molecule has 2 N–H and O–H groups in total. The van der Waals surface area contributed by atoms with Crippen LogP contribution in [0, 0.1) is 34.5 Å². The lowest BCUT2D eigenvalue weighted by molar-refractivity contribution is -0.162. The average molecular weight is 332 g/mol. The highest BCUT2D eigenvalue weighted by Gasteiger charge is 2.83. The number of aliphatic hydroxyl groups is 1. The van der Waals surface area contributed by atoms with Gasteiger partial charge in [0.15, 0.2) is 0 Å². The second-order valence-corrected chi connectivity index (χ2v) is 9.07. The van der Waals surface area contributed by atoms with Crippen molar-refractivity contribution >= 4 is 11.9 Å². The Morgan fingerprint density at radius 2 is 2.08 bits per heavy atom. The third-order valence-corrected chi connectivity index (χ3v) is 8.46.